The first-order chi connectivity index (χ1) is 4.61. The summed E-state index contributed by atoms with van der Waals surface area (Å²) in [6.07, 6.45) is -0.538. The van der Waals surface area contributed by atoms with Crippen LogP contribution in [0.5, 0.6) is 0 Å². The normalized spacial score (nSPS) is 41.1. The SMILES string of the molecule is NC1NC(=O)C(Br)C(Cl)N1. The molecule has 1 rings (SSSR count). The third-order valence-corrected chi connectivity index (χ3v) is 2.77. The van der Waals surface area contributed by atoms with Gasteiger partial charge in [0.25, 0.3) is 0 Å². The largest absolute Gasteiger partial charge is 0.327 e. The van der Waals surface area contributed by atoms with Crippen molar-refractivity contribution in [3.8, 4) is 0 Å². The van der Waals surface area contributed by atoms with Crippen LogP contribution in [0.2, 0.25) is 0 Å². The summed E-state index contributed by atoms with van der Waals surface area (Å²) in [5.74, 6) is -0.189. The monoisotopic (exact) mass is 227 g/mol. The Morgan fingerprint density at radius 1 is 1.70 bits per heavy atom. The predicted molar refractivity (Wildman–Crippen MR) is 41.6 cm³/mol. The summed E-state index contributed by atoms with van der Waals surface area (Å²) in [4.78, 5) is 10.4. The lowest BCUT2D eigenvalue weighted by molar-refractivity contribution is -0.122. The predicted octanol–water partition coefficient (Wildman–Crippen LogP) is -0.723. The van der Waals surface area contributed by atoms with Gasteiger partial charge in [0.05, 0.1) is 0 Å². The second kappa shape index (κ2) is 3.04. The molecule has 0 aromatic rings. The van der Waals surface area contributed by atoms with Crippen molar-refractivity contribution in [3.05, 3.63) is 0 Å². The summed E-state index contributed by atoms with van der Waals surface area (Å²) in [5, 5.41) is 5.18. The van der Waals surface area contributed by atoms with Gasteiger partial charge in [-0.1, -0.05) is 15.9 Å². The van der Waals surface area contributed by atoms with Crippen molar-refractivity contribution in [1.82, 2.24) is 10.6 Å². The Balaban J connectivity index is 2.57. The second-order valence-corrected chi connectivity index (χ2v) is 3.41. The van der Waals surface area contributed by atoms with Crippen LogP contribution in [0.1, 0.15) is 0 Å². The van der Waals surface area contributed by atoms with Crippen LogP contribution >= 0.6 is 27.5 Å². The summed E-state index contributed by atoms with van der Waals surface area (Å²) >= 11 is 8.74. The molecule has 0 aromatic carbocycles. The number of carbonyl (C=O) groups is 1. The minimum Gasteiger partial charge on any atom is -0.327 e. The Kier molecular flexibility index (Phi) is 2.51. The minimum absolute atomic E-state index is 0.189. The number of hydrogen-bond donors (Lipinski definition) is 3. The number of nitrogens with two attached hydrogens (primary N) is 1. The zero-order chi connectivity index (χ0) is 7.72. The summed E-state index contributed by atoms with van der Waals surface area (Å²) in [5.41, 5.74) is 4.89. The molecule has 58 valence electrons. The van der Waals surface area contributed by atoms with Crippen molar-refractivity contribution in [3.63, 3.8) is 0 Å². The Morgan fingerprint density at radius 3 is 2.80 bits per heavy atom. The molecular formula is C4H7BrClN3O. The fourth-order valence-corrected chi connectivity index (χ4v) is 1.20. The van der Waals surface area contributed by atoms with E-state index in [0.29, 0.717) is 0 Å². The second-order valence-electron chi connectivity index (χ2n) is 1.96. The summed E-state index contributed by atoms with van der Waals surface area (Å²) < 4.78 is 0. The van der Waals surface area contributed by atoms with Gasteiger partial charge in [-0.3, -0.25) is 15.8 Å². The first kappa shape index (κ1) is 8.26. The van der Waals surface area contributed by atoms with Crippen LogP contribution in [0.3, 0.4) is 0 Å². The van der Waals surface area contributed by atoms with Crippen LogP contribution in [0, 0.1) is 0 Å². The number of carbonyl (C=O) groups excluding carboxylic acids is 1. The van der Waals surface area contributed by atoms with Gasteiger partial charge in [-0.2, -0.15) is 0 Å². The van der Waals surface area contributed by atoms with Crippen LogP contribution in [0.25, 0.3) is 0 Å². The third-order valence-electron chi connectivity index (χ3n) is 1.14. The zero-order valence-corrected chi connectivity index (χ0v) is 7.32. The lowest BCUT2D eigenvalue weighted by Gasteiger charge is -2.28. The number of alkyl halides is 2. The molecule has 4 N–H and O–H groups in total. The highest BCUT2D eigenvalue weighted by molar-refractivity contribution is 9.10. The number of halogens is 2. The zero-order valence-electron chi connectivity index (χ0n) is 4.97. The quantitative estimate of drug-likeness (QED) is 0.379. The molecule has 0 radical (unpaired) electrons. The van der Waals surface area contributed by atoms with Gasteiger partial charge in [0.2, 0.25) is 5.91 Å². The van der Waals surface area contributed by atoms with Gasteiger partial charge in [-0.15, -0.1) is 11.6 Å². The topological polar surface area (TPSA) is 67.1 Å². The van der Waals surface area contributed by atoms with Crippen molar-refractivity contribution in [2.75, 3.05) is 0 Å². The van der Waals surface area contributed by atoms with E-state index >= 15 is 0 Å². The average Bonchev–Trinajstić information content (AvgIpc) is 1.82. The molecule has 1 fully saturated rings. The highest BCUT2D eigenvalue weighted by atomic mass is 79.9. The summed E-state index contributed by atoms with van der Waals surface area (Å²) in [6, 6.07) is 0. The van der Waals surface area contributed by atoms with Gasteiger partial charge >= 0.3 is 0 Å². The Bertz CT molecular complexity index is 155. The van der Waals surface area contributed by atoms with Crippen LogP contribution in [0.4, 0.5) is 0 Å². The van der Waals surface area contributed by atoms with Crippen molar-refractivity contribution in [1.29, 1.82) is 0 Å². The molecule has 0 bridgehead atoms. The van der Waals surface area contributed by atoms with E-state index in [1.54, 1.807) is 0 Å². The maximum atomic E-state index is 10.9. The molecule has 0 aromatic heterocycles. The van der Waals surface area contributed by atoms with E-state index in [-0.39, 0.29) is 5.91 Å². The van der Waals surface area contributed by atoms with E-state index in [0.717, 1.165) is 0 Å². The standard InChI is InChI=1S/C4H7BrClN3O/c5-1-2(6)8-4(7)9-3(1)10/h1-2,4,8H,7H2,(H,9,10). The molecular weight excluding hydrogens is 221 g/mol. The Morgan fingerprint density at radius 2 is 2.30 bits per heavy atom. The van der Waals surface area contributed by atoms with Crippen LogP contribution in [-0.2, 0) is 4.79 Å². The molecule has 3 atom stereocenters. The molecule has 0 saturated carbocycles. The van der Waals surface area contributed by atoms with Crippen LogP contribution in [0.15, 0.2) is 0 Å². The van der Waals surface area contributed by atoms with Gasteiger partial charge in [0, 0.05) is 0 Å². The first-order valence-corrected chi connectivity index (χ1v) is 4.06. The number of rotatable bonds is 0. The van der Waals surface area contributed by atoms with Crippen molar-refractivity contribution in [2.24, 2.45) is 5.73 Å². The molecule has 0 aliphatic carbocycles. The van der Waals surface area contributed by atoms with E-state index in [4.69, 9.17) is 17.3 Å². The van der Waals surface area contributed by atoms with Gasteiger partial charge in [0.15, 0.2) is 0 Å². The van der Waals surface area contributed by atoms with Crippen LogP contribution in [-0.4, -0.2) is 22.5 Å². The van der Waals surface area contributed by atoms with E-state index in [2.05, 4.69) is 26.6 Å². The van der Waals surface area contributed by atoms with Crippen molar-refractivity contribution in [2.45, 2.75) is 16.6 Å². The number of hydrogen-bond acceptors (Lipinski definition) is 3. The fraction of sp³-hybridized carbons (Fsp3) is 0.750. The fourth-order valence-electron chi connectivity index (χ4n) is 0.663. The molecule has 1 amide bonds. The lowest BCUT2D eigenvalue weighted by atomic mass is 10.3. The number of nitrogens with one attached hydrogen (secondary N) is 2. The van der Waals surface area contributed by atoms with Gasteiger partial charge in [-0.05, 0) is 0 Å². The van der Waals surface area contributed by atoms with E-state index in [9.17, 15) is 4.79 Å². The number of amides is 1. The van der Waals surface area contributed by atoms with E-state index < -0.39 is 16.6 Å². The molecule has 10 heavy (non-hydrogen) atoms. The molecule has 1 heterocycles. The van der Waals surface area contributed by atoms with E-state index in [1.165, 1.54) is 0 Å². The Hall–Kier alpha value is 0.160. The van der Waals surface area contributed by atoms with Gasteiger partial charge in [-0.25, -0.2) is 0 Å². The highest BCUT2D eigenvalue weighted by Gasteiger charge is 2.30. The maximum absolute atomic E-state index is 10.9. The molecule has 1 aliphatic rings. The van der Waals surface area contributed by atoms with Gasteiger partial charge in [0.1, 0.15) is 16.6 Å². The van der Waals surface area contributed by atoms with Crippen molar-refractivity contribution >= 4 is 33.4 Å². The van der Waals surface area contributed by atoms with Gasteiger partial charge < -0.3 is 5.32 Å². The third kappa shape index (κ3) is 1.60. The molecule has 1 aliphatic heterocycles. The average molecular weight is 228 g/mol. The molecule has 6 heteroatoms. The molecule has 4 nitrogen and oxygen atoms in total. The van der Waals surface area contributed by atoms with Crippen LogP contribution < -0.4 is 16.4 Å². The molecule has 1 saturated heterocycles. The first-order valence-electron chi connectivity index (χ1n) is 2.71. The smallest absolute Gasteiger partial charge is 0.238 e. The minimum atomic E-state index is -0.538. The highest BCUT2D eigenvalue weighted by Crippen LogP contribution is 2.12. The maximum Gasteiger partial charge on any atom is 0.238 e. The lowest BCUT2D eigenvalue weighted by Crippen LogP contribution is -2.64. The molecule has 3 unspecified atom stereocenters. The Labute approximate surface area is 71.6 Å². The van der Waals surface area contributed by atoms with Crippen molar-refractivity contribution < 1.29 is 4.79 Å². The summed E-state index contributed by atoms with van der Waals surface area (Å²) in [6.45, 7) is 0. The summed E-state index contributed by atoms with van der Waals surface area (Å²) in [7, 11) is 0. The molecule has 0 spiro atoms. The van der Waals surface area contributed by atoms with E-state index in [1.807, 2.05) is 0 Å².